The molecule has 3 rings (SSSR count). The molecule has 3 amide bonds. The molecule has 2 N–H and O–H groups in total. The number of methoxy groups -OCH3 is 2. The lowest BCUT2D eigenvalue weighted by atomic mass is 10.0. The number of carbonyl (C=O) groups is 3. The summed E-state index contributed by atoms with van der Waals surface area (Å²) in [5.41, 5.74) is 1.37. The van der Waals surface area contributed by atoms with E-state index in [9.17, 15) is 14.4 Å². The number of likely N-dealkylation sites (tertiary alicyclic amines) is 1. The number of hydrogen-bond donors (Lipinski definition) is 2. The predicted molar refractivity (Wildman–Crippen MR) is 129 cm³/mol. The van der Waals surface area contributed by atoms with Gasteiger partial charge < -0.3 is 25.0 Å². The number of nitrogens with one attached hydrogen (secondary N) is 2. The summed E-state index contributed by atoms with van der Waals surface area (Å²) in [6.07, 6.45) is 1.53. The van der Waals surface area contributed by atoms with Crippen molar-refractivity contribution >= 4 is 29.3 Å². The Morgan fingerprint density at radius 3 is 2.32 bits per heavy atom. The quantitative estimate of drug-likeness (QED) is 0.596. The van der Waals surface area contributed by atoms with Crippen LogP contribution >= 0.6 is 11.6 Å². The largest absolute Gasteiger partial charge is 0.497 e. The predicted octanol–water partition coefficient (Wildman–Crippen LogP) is 2.83. The van der Waals surface area contributed by atoms with E-state index in [4.69, 9.17) is 21.1 Å². The van der Waals surface area contributed by atoms with Crippen molar-refractivity contribution in [3.8, 4) is 11.5 Å². The van der Waals surface area contributed by atoms with E-state index in [0.717, 1.165) is 5.56 Å². The van der Waals surface area contributed by atoms with Crippen molar-refractivity contribution < 1.29 is 23.9 Å². The fourth-order valence-electron chi connectivity index (χ4n) is 4.00. The lowest BCUT2D eigenvalue weighted by Crippen LogP contribution is -2.53. The maximum Gasteiger partial charge on any atom is 0.253 e. The molecule has 1 saturated heterocycles. The second kappa shape index (κ2) is 11.7. The third kappa shape index (κ3) is 6.63. The first-order chi connectivity index (χ1) is 16.3. The summed E-state index contributed by atoms with van der Waals surface area (Å²) in [6, 6.07) is 11.3. The van der Waals surface area contributed by atoms with Crippen LogP contribution in [0.15, 0.2) is 42.5 Å². The standard InChI is InChI=1S/C25H30ClN3O5/c1-16(30)27-22(14-18-6-9-21(33-2)15-23(18)34-3)24(31)28-20-10-12-29(13-11-20)25(32)17-4-7-19(26)8-5-17/h4-9,15,20,22H,10-14H2,1-3H3,(H,27,30)(H,28,31)/t22-/m0/s1. The van der Waals surface area contributed by atoms with Gasteiger partial charge in [-0.25, -0.2) is 0 Å². The number of benzene rings is 2. The van der Waals surface area contributed by atoms with E-state index >= 15 is 0 Å². The number of hydrogen-bond acceptors (Lipinski definition) is 5. The van der Waals surface area contributed by atoms with Gasteiger partial charge >= 0.3 is 0 Å². The number of halogens is 1. The lowest BCUT2D eigenvalue weighted by Gasteiger charge is -2.33. The molecule has 182 valence electrons. The molecule has 1 aliphatic heterocycles. The Morgan fingerprint density at radius 2 is 1.74 bits per heavy atom. The highest BCUT2D eigenvalue weighted by atomic mass is 35.5. The zero-order valence-corrected chi connectivity index (χ0v) is 20.4. The van der Waals surface area contributed by atoms with Gasteiger partial charge in [0, 0.05) is 49.1 Å². The topological polar surface area (TPSA) is 97.0 Å². The van der Waals surface area contributed by atoms with Crippen LogP contribution in [-0.2, 0) is 16.0 Å². The van der Waals surface area contributed by atoms with E-state index in [0.29, 0.717) is 48.0 Å². The molecular formula is C25H30ClN3O5. The van der Waals surface area contributed by atoms with Crippen LogP contribution in [-0.4, -0.2) is 62.0 Å². The SMILES string of the molecule is COc1ccc(C[C@H](NC(C)=O)C(=O)NC2CCN(C(=O)c3ccc(Cl)cc3)CC2)c(OC)c1. The van der Waals surface area contributed by atoms with E-state index < -0.39 is 6.04 Å². The molecule has 1 aliphatic rings. The van der Waals surface area contributed by atoms with Crippen molar-refractivity contribution in [1.29, 1.82) is 0 Å². The summed E-state index contributed by atoms with van der Waals surface area (Å²) in [4.78, 5) is 39.3. The van der Waals surface area contributed by atoms with Crippen LogP contribution in [0.3, 0.4) is 0 Å². The Labute approximate surface area is 204 Å². The minimum atomic E-state index is -0.756. The van der Waals surface area contributed by atoms with Crippen molar-refractivity contribution in [3.63, 3.8) is 0 Å². The monoisotopic (exact) mass is 487 g/mol. The number of carbonyl (C=O) groups excluding carboxylic acids is 3. The zero-order valence-electron chi connectivity index (χ0n) is 19.6. The van der Waals surface area contributed by atoms with E-state index in [1.54, 1.807) is 55.5 Å². The summed E-state index contributed by atoms with van der Waals surface area (Å²) in [5.74, 6) is 0.605. The highest BCUT2D eigenvalue weighted by Crippen LogP contribution is 2.26. The van der Waals surface area contributed by atoms with E-state index in [-0.39, 0.29) is 30.2 Å². The molecule has 0 bridgehead atoms. The van der Waals surface area contributed by atoms with Gasteiger partial charge in [0.15, 0.2) is 0 Å². The molecule has 0 aromatic heterocycles. The average Bonchev–Trinajstić information content (AvgIpc) is 2.84. The lowest BCUT2D eigenvalue weighted by molar-refractivity contribution is -0.128. The molecule has 8 nitrogen and oxygen atoms in total. The first-order valence-electron chi connectivity index (χ1n) is 11.1. The number of nitrogens with zero attached hydrogens (tertiary/aromatic N) is 1. The van der Waals surface area contributed by atoms with Crippen LogP contribution in [0.1, 0.15) is 35.7 Å². The van der Waals surface area contributed by atoms with Gasteiger partial charge in [-0.2, -0.15) is 0 Å². The average molecular weight is 488 g/mol. The Hall–Kier alpha value is -3.26. The van der Waals surface area contributed by atoms with E-state index in [2.05, 4.69) is 10.6 Å². The highest BCUT2D eigenvalue weighted by molar-refractivity contribution is 6.30. The van der Waals surface area contributed by atoms with Gasteiger partial charge in [-0.3, -0.25) is 14.4 Å². The molecule has 1 heterocycles. The van der Waals surface area contributed by atoms with Gasteiger partial charge in [0.1, 0.15) is 17.5 Å². The molecule has 0 unspecified atom stereocenters. The molecule has 9 heteroatoms. The summed E-state index contributed by atoms with van der Waals surface area (Å²) < 4.78 is 10.7. The molecule has 1 fully saturated rings. The smallest absolute Gasteiger partial charge is 0.253 e. The normalized spacial score (nSPS) is 14.8. The van der Waals surface area contributed by atoms with Crippen molar-refractivity contribution in [2.75, 3.05) is 27.3 Å². The summed E-state index contributed by atoms with van der Waals surface area (Å²) in [6.45, 7) is 2.44. The minimum absolute atomic E-state index is 0.0517. The van der Waals surface area contributed by atoms with Crippen molar-refractivity contribution in [1.82, 2.24) is 15.5 Å². The number of piperidine rings is 1. The molecule has 0 saturated carbocycles. The molecule has 0 spiro atoms. The van der Waals surface area contributed by atoms with Gasteiger partial charge in [-0.1, -0.05) is 17.7 Å². The molecule has 34 heavy (non-hydrogen) atoms. The van der Waals surface area contributed by atoms with Crippen LogP contribution < -0.4 is 20.1 Å². The fourth-order valence-corrected chi connectivity index (χ4v) is 4.12. The molecule has 0 radical (unpaired) electrons. The van der Waals surface area contributed by atoms with Crippen LogP contribution in [0.25, 0.3) is 0 Å². The second-order valence-corrected chi connectivity index (χ2v) is 8.65. The molecular weight excluding hydrogens is 458 g/mol. The Kier molecular flexibility index (Phi) is 8.76. The first-order valence-corrected chi connectivity index (χ1v) is 11.5. The van der Waals surface area contributed by atoms with Gasteiger partial charge in [-0.05, 0) is 48.7 Å². The maximum absolute atomic E-state index is 13.1. The van der Waals surface area contributed by atoms with Gasteiger partial charge in [0.05, 0.1) is 14.2 Å². The van der Waals surface area contributed by atoms with Gasteiger partial charge in [0.2, 0.25) is 11.8 Å². The van der Waals surface area contributed by atoms with Crippen LogP contribution in [0.4, 0.5) is 0 Å². The van der Waals surface area contributed by atoms with E-state index in [1.807, 2.05) is 6.07 Å². The number of ether oxygens (including phenoxy) is 2. The Morgan fingerprint density at radius 1 is 1.06 bits per heavy atom. The Balaban J connectivity index is 1.60. The summed E-state index contributed by atoms with van der Waals surface area (Å²) in [5, 5.41) is 6.36. The van der Waals surface area contributed by atoms with Crippen LogP contribution in [0.2, 0.25) is 5.02 Å². The third-order valence-electron chi connectivity index (χ3n) is 5.83. The summed E-state index contributed by atoms with van der Waals surface area (Å²) >= 11 is 5.90. The summed E-state index contributed by atoms with van der Waals surface area (Å²) in [7, 11) is 3.11. The van der Waals surface area contributed by atoms with Crippen molar-refractivity contribution in [2.24, 2.45) is 0 Å². The fraction of sp³-hybridized carbons (Fsp3) is 0.400. The molecule has 2 aromatic rings. The highest BCUT2D eigenvalue weighted by Gasteiger charge is 2.28. The second-order valence-electron chi connectivity index (χ2n) is 8.22. The van der Waals surface area contributed by atoms with Crippen LogP contribution in [0.5, 0.6) is 11.5 Å². The zero-order chi connectivity index (χ0) is 24.7. The molecule has 2 aromatic carbocycles. The number of rotatable bonds is 8. The minimum Gasteiger partial charge on any atom is -0.497 e. The Bertz CT molecular complexity index is 1020. The van der Waals surface area contributed by atoms with Gasteiger partial charge in [-0.15, -0.1) is 0 Å². The van der Waals surface area contributed by atoms with Crippen molar-refractivity contribution in [2.45, 2.75) is 38.3 Å². The maximum atomic E-state index is 13.1. The van der Waals surface area contributed by atoms with Crippen molar-refractivity contribution in [3.05, 3.63) is 58.6 Å². The third-order valence-corrected chi connectivity index (χ3v) is 6.08. The van der Waals surface area contributed by atoms with Crippen LogP contribution in [0, 0.1) is 0 Å². The molecule has 1 atom stereocenters. The molecule has 0 aliphatic carbocycles. The van der Waals surface area contributed by atoms with Gasteiger partial charge in [0.25, 0.3) is 5.91 Å². The number of amides is 3. The first kappa shape index (κ1) is 25.4. The van der Waals surface area contributed by atoms with E-state index in [1.165, 1.54) is 6.92 Å².